The number of nitrogens with one attached hydrogen (secondary N) is 1. The number of alkyl halides is 3. The number of aromatic nitrogens is 1. The molecule has 0 atom stereocenters. The molecule has 0 aliphatic carbocycles. The van der Waals surface area contributed by atoms with Gasteiger partial charge in [-0.1, -0.05) is 29.8 Å². The van der Waals surface area contributed by atoms with E-state index in [4.69, 9.17) is 23.8 Å². The summed E-state index contributed by atoms with van der Waals surface area (Å²) in [6.07, 6.45) is -3.64. The standard InChI is InChI=1S/C17H16ClF3N4S/c18-14-10-12(17(19,20)21)11-22-15(14)24-6-8-25(9-7-24)16(26)23-13-4-2-1-3-5-13/h1-5,10-11H,6-9H2,(H,23,26). The van der Waals surface area contributed by atoms with Crippen LogP contribution >= 0.6 is 23.8 Å². The molecule has 2 aromatic rings. The van der Waals surface area contributed by atoms with Gasteiger partial charge in [0.15, 0.2) is 5.11 Å². The fourth-order valence-electron chi connectivity index (χ4n) is 2.66. The smallest absolute Gasteiger partial charge is 0.352 e. The molecule has 138 valence electrons. The predicted octanol–water partition coefficient (Wildman–Crippen LogP) is 4.27. The SMILES string of the molecule is FC(F)(F)c1cnc(N2CCN(C(=S)Nc3ccccc3)CC2)c(Cl)c1. The van der Waals surface area contributed by atoms with Gasteiger partial charge in [-0.2, -0.15) is 13.2 Å². The molecule has 1 aliphatic rings. The summed E-state index contributed by atoms with van der Waals surface area (Å²) in [5.74, 6) is 0.362. The Morgan fingerprint density at radius 2 is 1.77 bits per heavy atom. The molecule has 2 heterocycles. The lowest BCUT2D eigenvalue weighted by Crippen LogP contribution is -2.50. The minimum Gasteiger partial charge on any atom is -0.352 e. The molecule has 1 aromatic heterocycles. The third-order valence-corrected chi connectivity index (χ3v) is 4.68. The number of anilines is 2. The third kappa shape index (κ3) is 4.37. The normalized spacial score (nSPS) is 15.1. The van der Waals surface area contributed by atoms with E-state index in [1.54, 1.807) is 0 Å². The molecule has 0 bridgehead atoms. The average molecular weight is 401 g/mol. The van der Waals surface area contributed by atoms with Crippen molar-refractivity contribution in [1.29, 1.82) is 0 Å². The van der Waals surface area contributed by atoms with Crippen molar-refractivity contribution >= 4 is 40.4 Å². The third-order valence-electron chi connectivity index (χ3n) is 4.04. The largest absolute Gasteiger partial charge is 0.417 e. The maximum absolute atomic E-state index is 12.7. The molecular formula is C17H16ClF3N4S. The number of pyridine rings is 1. The maximum atomic E-state index is 12.7. The van der Waals surface area contributed by atoms with Crippen LogP contribution in [0.25, 0.3) is 0 Å². The van der Waals surface area contributed by atoms with Crippen LogP contribution in [0.15, 0.2) is 42.6 Å². The molecule has 1 N–H and O–H groups in total. The zero-order chi connectivity index (χ0) is 18.7. The molecule has 1 aromatic carbocycles. The van der Waals surface area contributed by atoms with Crippen LogP contribution in [-0.4, -0.2) is 41.2 Å². The fraction of sp³-hybridized carbons (Fsp3) is 0.294. The number of thiocarbonyl (C=S) groups is 1. The van der Waals surface area contributed by atoms with Gasteiger partial charge in [-0.25, -0.2) is 4.98 Å². The van der Waals surface area contributed by atoms with Crippen molar-refractivity contribution in [2.75, 3.05) is 36.4 Å². The van der Waals surface area contributed by atoms with Gasteiger partial charge in [0.2, 0.25) is 0 Å². The number of para-hydroxylation sites is 1. The van der Waals surface area contributed by atoms with E-state index in [2.05, 4.69) is 10.3 Å². The van der Waals surface area contributed by atoms with E-state index >= 15 is 0 Å². The van der Waals surface area contributed by atoms with Crippen LogP contribution in [0.5, 0.6) is 0 Å². The highest BCUT2D eigenvalue weighted by Gasteiger charge is 2.32. The Kier molecular flexibility index (Phi) is 5.52. The molecule has 0 spiro atoms. The van der Waals surface area contributed by atoms with E-state index in [9.17, 15) is 13.2 Å². The van der Waals surface area contributed by atoms with Crippen molar-refractivity contribution < 1.29 is 13.2 Å². The van der Waals surface area contributed by atoms with E-state index in [1.807, 2.05) is 40.1 Å². The molecular weight excluding hydrogens is 385 g/mol. The van der Waals surface area contributed by atoms with Crippen molar-refractivity contribution in [1.82, 2.24) is 9.88 Å². The number of benzene rings is 1. The molecule has 1 aliphatic heterocycles. The Morgan fingerprint density at radius 3 is 2.35 bits per heavy atom. The summed E-state index contributed by atoms with van der Waals surface area (Å²) in [7, 11) is 0. The first-order valence-corrected chi connectivity index (χ1v) is 8.72. The van der Waals surface area contributed by atoms with Gasteiger partial charge in [-0.15, -0.1) is 0 Å². The molecule has 3 rings (SSSR count). The van der Waals surface area contributed by atoms with Crippen molar-refractivity contribution in [3.63, 3.8) is 0 Å². The van der Waals surface area contributed by atoms with Gasteiger partial charge in [-0.3, -0.25) is 0 Å². The van der Waals surface area contributed by atoms with Gasteiger partial charge < -0.3 is 15.1 Å². The van der Waals surface area contributed by atoms with E-state index in [0.29, 0.717) is 37.1 Å². The first-order chi connectivity index (χ1) is 12.3. The number of hydrogen-bond donors (Lipinski definition) is 1. The molecule has 0 saturated carbocycles. The lowest BCUT2D eigenvalue weighted by Gasteiger charge is -2.37. The Bertz CT molecular complexity index is 777. The van der Waals surface area contributed by atoms with Gasteiger partial charge in [0.25, 0.3) is 0 Å². The number of rotatable bonds is 2. The van der Waals surface area contributed by atoms with Crippen molar-refractivity contribution in [3.8, 4) is 0 Å². The van der Waals surface area contributed by atoms with E-state index in [0.717, 1.165) is 18.0 Å². The number of piperazine rings is 1. The maximum Gasteiger partial charge on any atom is 0.417 e. The molecule has 1 saturated heterocycles. The second-order valence-corrected chi connectivity index (χ2v) is 6.59. The van der Waals surface area contributed by atoms with Gasteiger partial charge in [0, 0.05) is 38.1 Å². The lowest BCUT2D eigenvalue weighted by atomic mass is 10.2. The molecule has 0 radical (unpaired) electrons. The van der Waals surface area contributed by atoms with Crippen LogP contribution in [0.4, 0.5) is 24.7 Å². The molecule has 4 nitrogen and oxygen atoms in total. The minimum absolute atomic E-state index is 0.00161. The summed E-state index contributed by atoms with van der Waals surface area (Å²) in [6, 6.07) is 10.5. The van der Waals surface area contributed by atoms with Gasteiger partial charge in [0.1, 0.15) is 5.82 Å². The van der Waals surface area contributed by atoms with Crippen LogP contribution in [0, 0.1) is 0 Å². The quantitative estimate of drug-likeness (QED) is 0.761. The second-order valence-electron chi connectivity index (χ2n) is 5.80. The monoisotopic (exact) mass is 400 g/mol. The Labute approximate surface area is 159 Å². The van der Waals surface area contributed by atoms with Crippen LogP contribution in [-0.2, 0) is 6.18 Å². The van der Waals surface area contributed by atoms with Gasteiger partial charge in [0.05, 0.1) is 10.6 Å². The summed E-state index contributed by atoms with van der Waals surface area (Å²) in [6.45, 7) is 2.37. The Hall–Kier alpha value is -2.06. The minimum atomic E-state index is -4.46. The number of halogens is 4. The zero-order valence-corrected chi connectivity index (χ0v) is 15.2. The number of nitrogens with zero attached hydrogens (tertiary/aromatic N) is 3. The van der Waals surface area contributed by atoms with Crippen LogP contribution < -0.4 is 10.2 Å². The molecule has 1 fully saturated rings. The molecule has 26 heavy (non-hydrogen) atoms. The summed E-state index contributed by atoms with van der Waals surface area (Å²) in [4.78, 5) is 7.79. The van der Waals surface area contributed by atoms with E-state index < -0.39 is 11.7 Å². The molecule has 0 amide bonds. The molecule has 0 unspecified atom stereocenters. The first kappa shape index (κ1) is 18.7. The van der Waals surface area contributed by atoms with Crippen molar-refractivity contribution in [2.24, 2.45) is 0 Å². The predicted molar refractivity (Wildman–Crippen MR) is 101 cm³/mol. The summed E-state index contributed by atoms with van der Waals surface area (Å²) < 4.78 is 38.2. The molecule has 9 heteroatoms. The average Bonchev–Trinajstić information content (AvgIpc) is 2.62. The Morgan fingerprint density at radius 1 is 1.12 bits per heavy atom. The topological polar surface area (TPSA) is 31.4 Å². The van der Waals surface area contributed by atoms with Crippen LogP contribution in [0.3, 0.4) is 0 Å². The number of hydrogen-bond acceptors (Lipinski definition) is 3. The zero-order valence-electron chi connectivity index (χ0n) is 13.6. The fourth-order valence-corrected chi connectivity index (χ4v) is 3.25. The van der Waals surface area contributed by atoms with E-state index in [-0.39, 0.29) is 5.02 Å². The Balaban J connectivity index is 1.61. The second kappa shape index (κ2) is 7.67. The lowest BCUT2D eigenvalue weighted by molar-refractivity contribution is -0.137. The highest BCUT2D eigenvalue weighted by molar-refractivity contribution is 7.80. The first-order valence-electron chi connectivity index (χ1n) is 7.93. The van der Waals surface area contributed by atoms with Gasteiger partial charge >= 0.3 is 6.18 Å². The van der Waals surface area contributed by atoms with Crippen LogP contribution in [0.1, 0.15) is 5.56 Å². The summed E-state index contributed by atoms with van der Waals surface area (Å²) in [5, 5.41) is 3.79. The summed E-state index contributed by atoms with van der Waals surface area (Å²) in [5.41, 5.74) is 0.0607. The van der Waals surface area contributed by atoms with Crippen molar-refractivity contribution in [2.45, 2.75) is 6.18 Å². The highest BCUT2D eigenvalue weighted by atomic mass is 35.5. The van der Waals surface area contributed by atoms with Crippen LogP contribution in [0.2, 0.25) is 5.02 Å². The summed E-state index contributed by atoms with van der Waals surface area (Å²) >= 11 is 11.4. The van der Waals surface area contributed by atoms with Crippen molar-refractivity contribution in [3.05, 3.63) is 53.2 Å². The highest BCUT2D eigenvalue weighted by Crippen LogP contribution is 2.33. The van der Waals surface area contributed by atoms with E-state index in [1.165, 1.54) is 0 Å². The van der Waals surface area contributed by atoms with Gasteiger partial charge in [-0.05, 0) is 30.4 Å².